The zero-order valence-corrected chi connectivity index (χ0v) is 10.0. The van der Waals surface area contributed by atoms with Crippen molar-refractivity contribution in [2.24, 2.45) is 11.7 Å². The predicted octanol–water partition coefficient (Wildman–Crippen LogP) is 3.28. The molecular weight excluding hydrogens is 182 g/mol. The van der Waals surface area contributed by atoms with E-state index in [4.69, 9.17) is 5.73 Å². The first-order valence-electron chi connectivity index (χ1n) is 5.87. The first-order chi connectivity index (χ1) is 6.99. The smallest absolute Gasteiger partial charge is 0.0412 e. The molecule has 0 aromatic heterocycles. The van der Waals surface area contributed by atoms with Gasteiger partial charge in [-0.05, 0) is 44.6 Å². The molecule has 1 saturated carbocycles. The normalized spacial score (nSPS) is 30.8. The minimum atomic E-state index is -0.0593. The number of nitrogens with two attached hydrogens (primary N) is 1. The van der Waals surface area contributed by atoms with Crippen molar-refractivity contribution < 1.29 is 0 Å². The lowest BCUT2D eigenvalue weighted by atomic mass is 9.87. The lowest BCUT2D eigenvalue weighted by Gasteiger charge is -2.25. The molecule has 2 N–H and O–H groups in total. The maximum absolute atomic E-state index is 6.51. The predicted molar refractivity (Wildman–Crippen MR) is 64.8 cm³/mol. The lowest BCUT2D eigenvalue weighted by molar-refractivity contribution is 0.440. The van der Waals surface area contributed by atoms with E-state index >= 15 is 0 Å². The van der Waals surface area contributed by atoms with Crippen LogP contribution in [-0.4, -0.2) is 0 Å². The Balaban J connectivity index is 2.36. The van der Waals surface area contributed by atoms with Crippen molar-refractivity contribution >= 4 is 0 Å². The molecule has 15 heavy (non-hydrogen) atoms. The maximum Gasteiger partial charge on any atom is 0.0412 e. The summed E-state index contributed by atoms with van der Waals surface area (Å²) in [5.41, 5.74) is 10.4. The molecule has 0 heterocycles. The molecule has 2 atom stereocenters. The monoisotopic (exact) mass is 203 g/mol. The molecule has 1 aliphatic rings. The Morgan fingerprint density at radius 2 is 1.80 bits per heavy atom. The fourth-order valence-corrected chi connectivity index (χ4v) is 2.85. The quantitative estimate of drug-likeness (QED) is 0.744. The molecule has 1 fully saturated rings. The Kier molecular flexibility index (Phi) is 2.59. The third-order valence-corrected chi connectivity index (χ3v) is 3.59. The summed E-state index contributed by atoms with van der Waals surface area (Å²) in [4.78, 5) is 0. The van der Waals surface area contributed by atoms with E-state index in [-0.39, 0.29) is 5.54 Å². The fraction of sp³-hybridized carbons (Fsp3) is 0.571. The molecule has 0 aliphatic heterocycles. The van der Waals surface area contributed by atoms with Gasteiger partial charge in [0.05, 0.1) is 0 Å². The summed E-state index contributed by atoms with van der Waals surface area (Å²) in [6.45, 7) is 6.60. The summed E-state index contributed by atoms with van der Waals surface area (Å²) in [5.74, 6) is 0.774. The highest BCUT2D eigenvalue weighted by atomic mass is 14.8. The largest absolute Gasteiger partial charge is 0.321 e. The van der Waals surface area contributed by atoms with Crippen molar-refractivity contribution in [1.29, 1.82) is 0 Å². The van der Waals surface area contributed by atoms with Crippen LogP contribution in [0.5, 0.6) is 0 Å². The summed E-state index contributed by atoms with van der Waals surface area (Å²) >= 11 is 0. The highest BCUT2D eigenvalue weighted by Crippen LogP contribution is 2.40. The average Bonchev–Trinajstić information content (AvgIpc) is 2.46. The Morgan fingerprint density at radius 3 is 2.27 bits per heavy atom. The molecule has 2 rings (SSSR count). The van der Waals surface area contributed by atoms with Crippen LogP contribution < -0.4 is 5.73 Å². The van der Waals surface area contributed by atoms with Crippen molar-refractivity contribution in [1.82, 2.24) is 0 Å². The van der Waals surface area contributed by atoms with Crippen LogP contribution in [0.15, 0.2) is 18.2 Å². The second-order valence-corrected chi connectivity index (χ2v) is 5.38. The molecule has 0 saturated heterocycles. The molecule has 1 nitrogen and oxygen atoms in total. The third kappa shape index (κ3) is 2.07. The summed E-state index contributed by atoms with van der Waals surface area (Å²) in [5, 5.41) is 0. The number of rotatable bonds is 1. The third-order valence-electron chi connectivity index (χ3n) is 3.59. The minimum absolute atomic E-state index is 0.0593. The van der Waals surface area contributed by atoms with Crippen molar-refractivity contribution in [3.8, 4) is 0 Å². The molecule has 1 aliphatic carbocycles. The topological polar surface area (TPSA) is 26.0 Å². The van der Waals surface area contributed by atoms with Crippen molar-refractivity contribution in [3.05, 3.63) is 34.9 Å². The van der Waals surface area contributed by atoms with Gasteiger partial charge in [0.1, 0.15) is 0 Å². The van der Waals surface area contributed by atoms with Crippen LogP contribution in [-0.2, 0) is 5.54 Å². The van der Waals surface area contributed by atoms with Crippen molar-refractivity contribution in [2.45, 2.75) is 45.6 Å². The van der Waals surface area contributed by atoms with Gasteiger partial charge >= 0.3 is 0 Å². The van der Waals surface area contributed by atoms with Gasteiger partial charge in [0.25, 0.3) is 0 Å². The van der Waals surface area contributed by atoms with Crippen molar-refractivity contribution in [2.75, 3.05) is 0 Å². The first kappa shape index (κ1) is 10.7. The molecule has 1 aromatic carbocycles. The van der Waals surface area contributed by atoms with Crippen LogP contribution in [0.25, 0.3) is 0 Å². The highest BCUT2D eigenvalue weighted by Gasteiger charge is 2.35. The average molecular weight is 203 g/mol. The van der Waals surface area contributed by atoms with Gasteiger partial charge in [-0.2, -0.15) is 0 Å². The summed E-state index contributed by atoms with van der Waals surface area (Å²) < 4.78 is 0. The molecule has 82 valence electrons. The standard InChI is InChI=1S/C14H21N/c1-10-4-5-14(15,9-10)13-7-11(2)6-12(3)8-13/h6-8,10H,4-5,9,15H2,1-3H3. The van der Waals surface area contributed by atoms with Gasteiger partial charge in [-0.1, -0.05) is 36.2 Å². The van der Waals surface area contributed by atoms with Gasteiger partial charge in [-0.25, -0.2) is 0 Å². The van der Waals surface area contributed by atoms with Gasteiger partial charge in [-0.3, -0.25) is 0 Å². The van der Waals surface area contributed by atoms with E-state index in [1.165, 1.54) is 23.1 Å². The minimum Gasteiger partial charge on any atom is -0.321 e. The van der Waals surface area contributed by atoms with Crippen LogP contribution >= 0.6 is 0 Å². The van der Waals surface area contributed by atoms with E-state index in [1.54, 1.807) is 0 Å². The van der Waals surface area contributed by atoms with Crippen LogP contribution in [0.2, 0.25) is 0 Å². The van der Waals surface area contributed by atoms with Gasteiger partial charge in [0.2, 0.25) is 0 Å². The molecule has 0 radical (unpaired) electrons. The molecule has 0 spiro atoms. The van der Waals surface area contributed by atoms with Crippen LogP contribution in [0.3, 0.4) is 0 Å². The van der Waals surface area contributed by atoms with Crippen LogP contribution in [0.1, 0.15) is 42.9 Å². The second-order valence-electron chi connectivity index (χ2n) is 5.38. The summed E-state index contributed by atoms with van der Waals surface area (Å²) in [6, 6.07) is 6.72. The van der Waals surface area contributed by atoms with Crippen molar-refractivity contribution in [3.63, 3.8) is 0 Å². The molecule has 1 heteroatoms. The van der Waals surface area contributed by atoms with E-state index in [1.807, 2.05) is 0 Å². The van der Waals surface area contributed by atoms with Crippen LogP contribution in [0.4, 0.5) is 0 Å². The fourth-order valence-electron chi connectivity index (χ4n) is 2.85. The molecule has 0 bridgehead atoms. The number of hydrogen-bond donors (Lipinski definition) is 1. The van der Waals surface area contributed by atoms with E-state index in [2.05, 4.69) is 39.0 Å². The molecule has 0 amide bonds. The van der Waals surface area contributed by atoms with Gasteiger partial charge < -0.3 is 5.73 Å². The van der Waals surface area contributed by atoms with E-state index < -0.39 is 0 Å². The Labute approximate surface area is 92.7 Å². The Bertz CT molecular complexity index is 349. The summed E-state index contributed by atoms with van der Waals surface area (Å²) in [7, 11) is 0. The number of benzene rings is 1. The van der Waals surface area contributed by atoms with Gasteiger partial charge in [0, 0.05) is 5.54 Å². The summed E-state index contributed by atoms with van der Waals surface area (Å²) in [6.07, 6.45) is 3.54. The zero-order chi connectivity index (χ0) is 11.1. The second kappa shape index (κ2) is 3.64. The van der Waals surface area contributed by atoms with E-state index in [9.17, 15) is 0 Å². The zero-order valence-electron chi connectivity index (χ0n) is 10.0. The number of hydrogen-bond acceptors (Lipinski definition) is 1. The SMILES string of the molecule is Cc1cc(C)cc(C2(N)CCC(C)C2)c1. The first-order valence-corrected chi connectivity index (χ1v) is 5.87. The molecule has 1 aromatic rings. The maximum atomic E-state index is 6.51. The Morgan fingerprint density at radius 1 is 1.20 bits per heavy atom. The van der Waals surface area contributed by atoms with Crippen LogP contribution in [0, 0.1) is 19.8 Å². The van der Waals surface area contributed by atoms with E-state index in [0.29, 0.717) is 0 Å². The Hall–Kier alpha value is -0.820. The number of aryl methyl sites for hydroxylation is 2. The van der Waals surface area contributed by atoms with E-state index in [0.717, 1.165) is 18.8 Å². The van der Waals surface area contributed by atoms with Gasteiger partial charge in [-0.15, -0.1) is 0 Å². The molecule has 2 unspecified atom stereocenters. The lowest BCUT2D eigenvalue weighted by Crippen LogP contribution is -2.33. The molecular formula is C14H21N. The van der Waals surface area contributed by atoms with Gasteiger partial charge in [0.15, 0.2) is 0 Å². The highest BCUT2D eigenvalue weighted by molar-refractivity contribution is 5.34.